The van der Waals surface area contributed by atoms with E-state index in [1.54, 1.807) is 0 Å². The van der Waals surface area contributed by atoms with E-state index in [0.29, 0.717) is 0 Å². The van der Waals surface area contributed by atoms with E-state index in [1.807, 2.05) is 0 Å². The summed E-state index contributed by atoms with van der Waals surface area (Å²) in [6, 6.07) is 5.79. The minimum absolute atomic E-state index is 0.0261. The summed E-state index contributed by atoms with van der Waals surface area (Å²) in [6.07, 6.45) is -2.07. The Kier molecular flexibility index (Phi) is 4.71. The van der Waals surface area contributed by atoms with Gasteiger partial charge in [-0.2, -0.15) is 13.2 Å². The first kappa shape index (κ1) is 20.8. The van der Waals surface area contributed by atoms with Gasteiger partial charge in [-0.05, 0) is 18.1 Å². The second kappa shape index (κ2) is 7.03. The number of fused-ring (bicyclic) bond motifs is 2. The number of hydroxylamine groups is 2. The zero-order valence-corrected chi connectivity index (χ0v) is 16.0. The number of nitrogens with zero attached hydrogens (tertiary/aromatic N) is 2. The van der Waals surface area contributed by atoms with E-state index in [0.717, 1.165) is 0 Å². The van der Waals surface area contributed by atoms with E-state index in [4.69, 9.17) is 4.84 Å². The quantitative estimate of drug-likeness (QED) is 0.529. The number of alkyl halides is 3. The second-order valence-electron chi connectivity index (χ2n) is 7.56. The number of amides is 4. The van der Waals surface area contributed by atoms with Gasteiger partial charge in [-0.1, -0.05) is 36.3 Å². The maximum absolute atomic E-state index is 12.9. The van der Waals surface area contributed by atoms with Crippen molar-refractivity contribution in [3.05, 3.63) is 47.5 Å². The third-order valence-electron chi connectivity index (χ3n) is 5.61. The summed E-state index contributed by atoms with van der Waals surface area (Å²) in [4.78, 5) is 67.9. The topological polar surface area (TPSA) is 101 Å². The first-order chi connectivity index (χ1) is 14.5. The Morgan fingerprint density at radius 1 is 1.00 bits per heavy atom. The summed E-state index contributed by atoms with van der Waals surface area (Å²) in [6.45, 7) is -0.245. The zero-order valence-electron chi connectivity index (χ0n) is 16.0. The van der Waals surface area contributed by atoms with Crippen molar-refractivity contribution in [2.75, 3.05) is 6.54 Å². The van der Waals surface area contributed by atoms with Crippen LogP contribution in [0.1, 0.15) is 27.6 Å². The molecular formula is C20H15F3N2O6. The molecule has 2 heterocycles. The van der Waals surface area contributed by atoms with Crippen molar-refractivity contribution in [2.45, 2.75) is 13.1 Å². The number of halogens is 3. The molecule has 2 aliphatic heterocycles. The van der Waals surface area contributed by atoms with E-state index >= 15 is 0 Å². The van der Waals surface area contributed by atoms with Gasteiger partial charge in [-0.15, -0.1) is 0 Å². The lowest BCUT2D eigenvalue weighted by atomic mass is 9.72. The van der Waals surface area contributed by atoms with Gasteiger partial charge in [0.15, 0.2) is 0 Å². The summed E-state index contributed by atoms with van der Waals surface area (Å²) < 4.78 is 38.4. The van der Waals surface area contributed by atoms with E-state index < -0.39 is 66.0 Å². The monoisotopic (exact) mass is 436 g/mol. The van der Waals surface area contributed by atoms with E-state index in [1.165, 1.54) is 43.3 Å². The third kappa shape index (κ3) is 3.29. The van der Waals surface area contributed by atoms with Gasteiger partial charge in [0.25, 0.3) is 11.8 Å². The van der Waals surface area contributed by atoms with Crippen molar-refractivity contribution in [3.63, 3.8) is 0 Å². The lowest BCUT2D eigenvalue weighted by Crippen LogP contribution is -2.44. The molecule has 1 aromatic carbocycles. The molecule has 8 nitrogen and oxygen atoms in total. The lowest BCUT2D eigenvalue weighted by Gasteiger charge is -2.30. The van der Waals surface area contributed by atoms with Gasteiger partial charge in [0.2, 0.25) is 11.8 Å². The molecule has 0 spiro atoms. The predicted molar refractivity (Wildman–Crippen MR) is 94.6 cm³/mol. The highest BCUT2D eigenvalue weighted by atomic mass is 19.4. The van der Waals surface area contributed by atoms with Crippen molar-refractivity contribution < 1.29 is 42.0 Å². The van der Waals surface area contributed by atoms with Crippen LogP contribution in [-0.2, 0) is 19.2 Å². The van der Waals surface area contributed by atoms with Crippen LogP contribution in [0.25, 0.3) is 0 Å². The van der Waals surface area contributed by atoms with Gasteiger partial charge in [-0.25, -0.2) is 4.79 Å². The summed E-state index contributed by atoms with van der Waals surface area (Å²) in [5, 5.41) is 0.266. The van der Waals surface area contributed by atoms with Gasteiger partial charge in [-0.3, -0.25) is 24.1 Å². The number of hydrogen-bond acceptors (Lipinski definition) is 6. The number of allylic oxidation sites excluding steroid dienone is 1. The molecule has 0 radical (unpaired) electrons. The summed E-state index contributed by atoms with van der Waals surface area (Å²) in [5.41, 5.74) is 0.0523. The number of likely N-dealkylation sites (tertiary alicyclic amines) is 1. The highest BCUT2D eigenvalue weighted by Crippen LogP contribution is 2.42. The van der Waals surface area contributed by atoms with Crippen molar-refractivity contribution in [3.8, 4) is 0 Å². The predicted octanol–water partition coefficient (Wildman–Crippen LogP) is 1.73. The average molecular weight is 436 g/mol. The molecule has 3 aliphatic rings. The molecule has 0 bridgehead atoms. The molecule has 1 fully saturated rings. The molecular weight excluding hydrogens is 421 g/mol. The molecule has 1 saturated heterocycles. The molecule has 0 N–H and O–H groups in total. The number of hydrogen-bond donors (Lipinski definition) is 0. The van der Waals surface area contributed by atoms with Crippen molar-refractivity contribution in [1.29, 1.82) is 0 Å². The summed E-state index contributed by atoms with van der Waals surface area (Å²) in [7, 11) is 0. The second-order valence-corrected chi connectivity index (χ2v) is 7.56. The number of rotatable bonds is 3. The first-order valence-electron chi connectivity index (χ1n) is 9.31. The highest BCUT2D eigenvalue weighted by molar-refractivity contribution is 6.21. The van der Waals surface area contributed by atoms with Crippen LogP contribution < -0.4 is 0 Å². The minimum Gasteiger partial charge on any atom is -0.329 e. The van der Waals surface area contributed by atoms with Crippen LogP contribution in [0.15, 0.2) is 36.4 Å². The van der Waals surface area contributed by atoms with Crippen LogP contribution in [0, 0.1) is 23.7 Å². The fourth-order valence-electron chi connectivity index (χ4n) is 4.19. The van der Waals surface area contributed by atoms with Gasteiger partial charge >= 0.3 is 12.1 Å². The molecule has 1 aliphatic carbocycles. The number of benzene rings is 1. The van der Waals surface area contributed by atoms with Crippen molar-refractivity contribution in [2.24, 2.45) is 23.7 Å². The van der Waals surface area contributed by atoms with E-state index in [2.05, 4.69) is 0 Å². The Balaban J connectivity index is 1.59. The van der Waals surface area contributed by atoms with Crippen LogP contribution in [-0.4, -0.2) is 52.3 Å². The summed E-state index contributed by atoms with van der Waals surface area (Å²) in [5.74, 6) is -9.84. The number of carbonyl (C=O) groups is 5. The molecule has 4 atom stereocenters. The minimum atomic E-state index is -4.80. The maximum atomic E-state index is 12.9. The molecule has 11 heteroatoms. The van der Waals surface area contributed by atoms with Gasteiger partial charge in [0.1, 0.15) is 6.54 Å². The molecule has 4 amide bonds. The Bertz CT molecular complexity index is 1010. The summed E-state index contributed by atoms with van der Waals surface area (Å²) >= 11 is 0. The first-order valence-corrected chi connectivity index (χ1v) is 9.31. The van der Waals surface area contributed by atoms with Crippen molar-refractivity contribution in [1.82, 2.24) is 9.96 Å². The largest absolute Gasteiger partial charge is 0.406 e. The fourth-order valence-corrected chi connectivity index (χ4v) is 4.19. The van der Waals surface area contributed by atoms with Crippen LogP contribution in [0.4, 0.5) is 13.2 Å². The molecule has 0 aromatic heterocycles. The Hall–Kier alpha value is -3.50. The lowest BCUT2D eigenvalue weighted by molar-refractivity contribution is -0.179. The Morgan fingerprint density at radius 3 is 2.13 bits per heavy atom. The van der Waals surface area contributed by atoms with E-state index in [9.17, 15) is 37.1 Å². The van der Waals surface area contributed by atoms with Crippen LogP contribution >= 0.6 is 0 Å². The van der Waals surface area contributed by atoms with Gasteiger partial charge < -0.3 is 4.84 Å². The smallest absolute Gasteiger partial charge is 0.329 e. The van der Waals surface area contributed by atoms with Crippen LogP contribution in [0.5, 0.6) is 0 Å². The number of carbonyl (C=O) groups excluding carboxylic acids is 5. The molecule has 4 rings (SSSR count). The molecule has 4 unspecified atom stereocenters. The van der Waals surface area contributed by atoms with Crippen molar-refractivity contribution >= 4 is 29.6 Å². The molecule has 0 saturated carbocycles. The van der Waals surface area contributed by atoms with Gasteiger partial charge in [0, 0.05) is 0 Å². The average Bonchev–Trinajstić information content (AvgIpc) is 3.08. The SMILES string of the molecule is CC1C=CC2C(=O)N(CC(F)(F)F)C(=O)C2C1C(=O)ON1C(=O)c2ccccc2C1=O. The van der Waals surface area contributed by atoms with Crippen LogP contribution in [0.2, 0.25) is 0 Å². The Morgan fingerprint density at radius 2 is 1.58 bits per heavy atom. The van der Waals surface area contributed by atoms with Crippen LogP contribution in [0.3, 0.4) is 0 Å². The highest BCUT2D eigenvalue weighted by Gasteiger charge is 2.57. The molecule has 162 valence electrons. The Labute approximate surface area is 173 Å². The molecule has 1 aromatic rings. The zero-order chi connectivity index (χ0) is 22.7. The van der Waals surface area contributed by atoms with E-state index in [-0.39, 0.29) is 21.1 Å². The fraction of sp³-hybridized carbons (Fsp3) is 0.350. The van der Waals surface area contributed by atoms with Gasteiger partial charge in [0.05, 0.1) is 28.9 Å². The number of imide groups is 2. The standard InChI is InChI=1S/C20H15F3N2O6/c1-9-6-7-12-14(18(29)24(15(12)26)8-20(21,22)23)13(9)19(30)31-25-16(27)10-4-2-3-5-11(10)17(25)28/h2-7,9,12-14H,8H2,1H3. The third-order valence-corrected chi connectivity index (χ3v) is 5.61. The molecule has 31 heavy (non-hydrogen) atoms. The maximum Gasteiger partial charge on any atom is 0.406 e. The normalized spacial score (nSPS) is 27.6.